The molecular weight excluding hydrogens is 290 g/mol. The number of nitrogens with zero attached hydrogens (tertiary/aromatic N) is 2. The van der Waals surface area contributed by atoms with Crippen molar-refractivity contribution in [1.82, 2.24) is 9.97 Å². The van der Waals surface area contributed by atoms with Crippen molar-refractivity contribution in [1.29, 1.82) is 5.41 Å². The zero-order valence-electron chi connectivity index (χ0n) is 12.2. The second-order valence-electron chi connectivity index (χ2n) is 4.83. The van der Waals surface area contributed by atoms with Crippen LogP contribution in [0.4, 0.5) is 11.6 Å². The molecule has 0 bridgehead atoms. The zero-order chi connectivity index (χ0) is 16.2. The predicted molar refractivity (Wildman–Crippen MR) is 89.7 cm³/mol. The van der Waals surface area contributed by atoms with Gasteiger partial charge in [0, 0.05) is 5.56 Å². The van der Waals surface area contributed by atoms with Crippen molar-refractivity contribution in [3.63, 3.8) is 0 Å². The maximum atomic E-state index is 8.26. The molecule has 0 saturated heterocycles. The maximum Gasteiger partial charge on any atom is 0.138 e. The van der Waals surface area contributed by atoms with Crippen molar-refractivity contribution in [3.8, 4) is 11.5 Å². The normalized spacial score (nSPS) is 10.3. The fourth-order valence-electron chi connectivity index (χ4n) is 2.13. The first-order valence-corrected chi connectivity index (χ1v) is 6.93. The number of rotatable bonds is 4. The Morgan fingerprint density at radius 2 is 1.39 bits per heavy atom. The molecule has 5 N–H and O–H groups in total. The molecule has 114 valence electrons. The Kier molecular flexibility index (Phi) is 3.88. The van der Waals surface area contributed by atoms with Crippen LogP contribution in [0.1, 0.15) is 11.1 Å². The van der Waals surface area contributed by atoms with Crippen LogP contribution in [0.5, 0.6) is 11.5 Å². The second-order valence-corrected chi connectivity index (χ2v) is 4.83. The molecule has 0 spiro atoms. The highest BCUT2D eigenvalue weighted by molar-refractivity contribution is 6.15. The summed E-state index contributed by atoms with van der Waals surface area (Å²) in [4.78, 5) is 7.76. The highest BCUT2D eigenvalue weighted by atomic mass is 16.5. The monoisotopic (exact) mass is 305 g/mol. The zero-order valence-corrected chi connectivity index (χ0v) is 12.2. The van der Waals surface area contributed by atoms with E-state index in [1.54, 1.807) is 24.3 Å². The van der Waals surface area contributed by atoms with Crippen LogP contribution in [-0.4, -0.2) is 15.7 Å². The van der Waals surface area contributed by atoms with Crippen LogP contribution >= 0.6 is 0 Å². The summed E-state index contributed by atoms with van der Waals surface area (Å²) in [5, 5.41) is 8.26. The first-order valence-electron chi connectivity index (χ1n) is 6.93. The quantitative estimate of drug-likeness (QED) is 0.642. The van der Waals surface area contributed by atoms with Crippen LogP contribution < -0.4 is 16.2 Å². The lowest BCUT2D eigenvalue weighted by atomic mass is 10.0. The molecule has 0 fully saturated rings. The van der Waals surface area contributed by atoms with Gasteiger partial charge in [0.1, 0.15) is 29.5 Å². The number of nitrogens with two attached hydrogens (primary N) is 2. The van der Waals surface area contributed by atoms with E-state index in [-0.39, 0.29) is 17.3 Å². The number of anilines is 2. The summed E-state index contributed by atoms with van der Waals surface area (Å²) in [6.07, 6.45) is 1.28. The molecule has 1 aromatic heterocycles. The van der Waals surface area contributed by atoms with E-state index < -0.39 is 0 Å². The summed E-state index contributed by atoms with van der Waals surface area (Å²) >= 11 is 0. The highest BCUT2D eigenvalue weighted by Crippen LogP contribution is 2.24. The summed E-state index contributed by atoms with van der Waals surface area (Å²) in [6, 6.07) is 16.6. The van der Waals surface area contributed by atoms with E-state index in [4.69, 9.17) is 21.6 Å². The number of para-hydroxylation sites is 1. The number of benzene rings is 2. The molecule has 0 aliphatic carbocycles. The van der Waals surface area contributed by atoms with Crippen molar-refractivity contribution in [2.45, 2.75) is 0 Å². The predicted octanol–water partition coefficient (Wildman–Crippen LogP) is 2.85. The molecule has 6 heteroatoms. The SMILES string of the molecule is N=C(c1ccc(Oc2ccccc2)cc1)c1c(N)ncnc1N. The third-order valence-electron chi connectivity index (χ3n) is 3.28. The molecule has 6 nitrogen and oxygen atoms in total. The summed E-state index contributed by atoms with van der Waals surface area (Å²) in [7, 11) is 0. The van der Waals surface area contributed by atoms with Crippen molar-refractivity contribution in [2.24, 2.45) is 0 Å². The molecule has 0 radical (unpaired) electrons. The largest absolute Gasteiger partial charge is 0.457 e. The number of ether oxygens (including phenoxy) is 1. The molecule has 3 rings (SSSR count). The average Bonchev–Trinajstić information content (AvgIpc) is 2.56. The topological polar surface area (TPSA) is 111 Å². The minimum absolute atomic E-state index is 0.173. The van der Waals surface area contributed by atoms with Crippen LogP contribution in [0, 0.1) is 5.41 Å². The van der Waals surface area contributed by atoms with Gasteiger partial charge in [-0.2, -0.15) is 0 Å². The molecule has 3 aromatic rings. The third kappa shape index (κ3) is 3.11. The van der Waals surface area contributed by atoms with Gasteiger partial charge in [-0.25, -0.2) is 9.97 Å². The summed E-state index contributed by atoms with van der Waals surface area (Å²) in [5.74, 6) is 1.80. The lowest BCUT2D eigenvalue weighted by molar-refractivity contribution is 0.482. The summed E-state index contributed by atoms with van der Waals surface area (Å²) in [5.41, 5.74) is 12.8. The van der Waals surface area contributed by atoms with Gasteiger partial charge in [-0.1, -0.05) is 18.2 Å². The molecule has 23 heavy (non-hydrogen) atoms. The fourth-order valence-corrected chi connectivity index (χ4v) is 2.13. The Hall–Kier alpha value is -3.41. The van der Waals surface area contributed by atoms with Gasteiger partial charge in [-0.15, -0.1) is 0 Å². The molecule has 0 aliphatic rings. The van der Waals surface area contributed by atoms with E-state index >= 15 is 0 Å². The van der Waals surface area contributed by atoms with E-state index in [0.29, 0.717) is 16.9 Å². The number of hydrogen-bond donors (Lipinski definition) is 3. The third-order valence-corrected chi connectivity index (χ3v) is 3.28. The highest BCUT2D eigenvalue weighted by Gasteiger charge is 2.14. The molecule has 0 atom stereocenters. The Balaban J connectivity index is 1.83. The van der Waals surface area contributed by atoms with Gasteiger partial charge in [0.25, 0.3) is 0 Å². The van der Waals surface area contributed by atoms with Crippen LogP contribution in [0.15, 0.2) is 60.9 Å². The number of nitrogen functional groups attached to an aromatic ring is 2. The van der Waals surface area contributed by atoms with Crippen molar-refractivity contribution in [2.75, 3.05) is 11.5 Å². The van der Waals surface area contributed by atoms with E-state index in [9.17, 15) is 0 Å². The van der Waals surface area contributed by atoms with Crippen LogP contribution in [-0.2, 0) is 0 Å². The Morgan fingerprint density at radius 1 is 0.826 bits per heavy atom. The number of aromatic nitrogens is 2. The van der Waals surface area contributed by atoms with Gasteiger partial charge < -0.3 is 16.2 Å². The minimum Gasteiger partial charge on any atom is -0.457 e. The summed E-state index contributed by atoms with van der Waals surface area (Å²) < 4.78 is 5.72. The minimum atomic E-state index is 0.173. The first-order chi connectivity index (χ1) is 11.1. The van der Waals surface area contributed by atoms with Gasteiger partial charge in [-0.05, 0) is 36.4 Å². The lowest BCUT2D eigenvalue weighted by Gasteiger charge is -2.10. The van der Waals surface area contributed by atoms with Gasteiger partial charge in [0.2, 0.25) is 0 Å². The van der Waals surface area contributed by atoms with E-state index in [2.05, 4.69) is 9.97 Å². The average molecular weight is 305 g/mol. The molecular formula is C17H15N5O. The Labute approximate surface area is 133 Å². The molecule has 0 amide bonds. The second kappa shape index (κ2) is 6.15. The molecule has 1 heterocycles. The standard InChI is InChI=1S/C17H15N5O/c18-15(14-16(19)21-10-22-17(14)20)11-6-8-13(9-7-11)23-12-4-2-1-3-5-12/h1-10,18H,(H4,19,20,21,22). The van der Waals surface area contributed by atoms with Crippen molar-refractivity contribution < 1.29 is 4.74 Å². The van der Waals surface area contributed by atoms with Gasteiger partial charge in [0.05, 0.1) is 11.3 Å². The van der Waals surface area contributed by atoms with Gasteiger partial charge >= 0.3 is 0 Å². The number of hydrogen-bond acceptors (Lipinski definition) is 6. The van der Waals surface area contributed by atoms with Crippen molar-refractivity contribution in [3.05, 3.63) is 72.1 Å². The summed E-state index contributed by atoms with van der Waals surface area (Å²) in [6.45, 7) is 0. The van der Waals surface area contributed by atoms with Crippen LogP contribution in [0.3, 0.4) is 0 Å². The molecule has 0 aliphatic heterocycles. The van der Waals surface area contributed by atoms with Crippen molar-refractivity contribution >= 4 is 17.3 Å². The first kappa shape index (κ1) is 14.5. The van der Waals surface area contributed by atoms with Gasteiger partial charge in [-0.3, -0.25) is 5.41 Å². The Bertz CT molecular complexity index is 811. The van der Waals surface area contributed by atoms with Crippen LogP contribution in [0.25, 0.3) is 0 Å². The molecule has 0 unspecified atom stereocenters. The maximum absolute atomic E-state index is 8.26. The van der Waals surface area contributed by atoms with Crippen LogP contribution in [0.2, 0.25) is 0 Å². The fraction of sp³-hybridized carbons (Fsp3) is 0. The molecule has 2 aromatic carbocycles. The Morgan fingerprint density at radius 3 is 2.00 bits per heavy atom. The van der Waals surface area contributed by atoms with E-state index in [1.165, 1.54) is 6.33 Å². The van der Waals surface area contributed by atoms with Gasteiger partial charge in [0.15, 0.2) is 0 Å². The van der Waals surface area contributed by atoms with E-state index in [0.717, 1.165) is 5.75 Å². The van der Waals surface area contributed by atoms with E-state index in [1.807, 2.05) is 30.3 Å². The number of nitrogens with one attached hydrogen (secondary N) is 1. The smallest absolute Gasteiger partial charge is 0.138 e. The lowest BCUT2D eigenvalue weighted by Crippen LogP contribution is -2.11. The molecule has 0 saturated carbocycles.